The summed E-state index contributed by atoms with van der Waals surface area (Å²) in [6.07, 6.45) is 8.98. The third-order valence-corrected chi connectivity index (χ3v) is 5.72. The van der Waals surface area contributed by atoms with Crippen LogP contribution in [0.5, 0.6) is 0 Å². The van der Waals surface area contributed by atoms with Crippen LogP contribution >= 0.6 is 0 Å². The molecule has 33 heavy (non-hydrogen) atoms. The van der Waals surface area contributed by atoms with Gasteiger partial charge >= 0.3 is 0 Å². The molecular formula is C25H34N6O2. The van der Waals surface area contributed by atoms with Gasteiger partial charge in [0.15, 0.2) is 0 Å². The van der Waals surface area contributed by atoms with Crippen molar-refractivity contribution in [2.24, 2.45) is 0 Å². The fraction of sp³-hybridized carbons (Fsp3) is 0.440. The normalized spacial score (nSPS) is 18.3. The van der Waals surface area contributed by atoms with Gasteiger partial charge in [-0.2, -0.15) is 0 Å². The molecule has 2 atom stereocenters. The Morgan fingerprint density at radius 2 is 1.85 bits per heavy atom. The standard InChI is InChI=1S/C25H34N6O2/c1-17-16-26-25(27-18(17)2)30-22-8-5-7-21(15-22)29-24(33)19-10-12-20(13-11-19)28-23(32)9-6-14-31(3)4/h6,9-13,16,21-22H,5,7-8,14-15H2,1-4H3,(H,28,32)(H,29,33)(H,26,27,30)/b9-6+. The minimum Gasteiger partial charge on any atom is -0.351 e. The molecule has 2 unspecified atom stereocenters. The molecule has 0 aliphatic heterocycles. The van der Waals surface area contributed by atoms with Crippen LogP contribution in [0.15, 0.2) is 42.6 Å². The van der Waals surface area contributed by atoms with E-state index in [-0.39, 0.29) is 23.9 Å². The number of carbonyl (C=O) groups excluding carboxylic acids is 2. The smallest absolute Gasteiger partial charge is 0.251 e. The Hall–Kier alpha value is -3.26. The van der Waals surface area contributed by atoms with E-state index in [4.69, 9.17) is 0 Å². The van der Waals surface area contributed by atoms with Crippen molar-refractivity contribution < 1.29 is 9.59 Å². The molecule has 176 valence electrons. The Balaban J connectivity index is 1.50. The van der Waals surface area contributed by atoms with E-state index in [9.17, 15) is 9.59 Å². The molecule has 2 amide bonds. The molecule has 1 heterocycles. The predicted molar refractivity (Wildman–Crippen MR) is 131 cm³/mol. The highest BCUT2D eigenvalue weighted by Gasteiger charge is 2.24. The summed E-state index contributed by atoms with van der Waals surface area (Å²) in [6.45, 7) is 4.67. The maximum Gasteiger partial charge on any atom is 0.251 e. The lowest BCUT2D eigenvalue weighted by atomic mass is 9.91. The van der Waals surface area contributed by atoms with Crippen molar-refractivity contribution in [1.82, 2.24) is 20.2 Å². The zero-order valence-corrected chi connectivity index (χ0v) is 19.9. The number of amides is 2. The maximum atomic E-state index is 12.7. The molecule has 8 nitrogen and oxygen atoms in total. The summed E-state index contributed by atoms with van der Waals surface area (Å²) in [5.41, 5.74) is 3.27. The van der Waals surface area contributed by atoms with Crippen LogP contribution in [0.4, 0.5) is 11.6 Å². The molecule has 2 aromatic rings. The van der Waals surface area contributed by atoms with Gasteiger partial charge in [0.2, 0.25) is 11.9 Å². The van der Waals surface area contributed by atoms with Gasteiger partial charge in [0.25, 0.3) is 5.91 Å². The lowest BCUT2D eigenvalue weighted by Gasteiger charge is -2.30. The zero-order chi connectivity index (χ0) is 23.8. The number of aryl methyl sites for hydroxylation is 2. The molecule has 1 fully saturated rings. The van der Waals surface area contributed by atoms with Gasteiger partial charge in [-0.1, -0.05) is 6.08 Å². The van der Waals surface area contributed by atoms with Gasteiger partial charge in [0.1, 0.15) is 0 Å². The molecule has 0 saturated heterocycles. The molecule has 1 saturated carbocycles. The van der Waals surface area contributed by atoms with Crippen molar-refractivity contribution in [3.63, 3.8) is 0 Å². The summed E-state index contributed by atoms with van der Waals surface area (Å²) in [7, 11) is 3.88. The first-order valence-electron chi connectivity index (χ1n) is 11.4. The van der Waals surface area contributed by atoms with Crippen molar-refractivity contribution in [3.8, 4) is 0 Å². The van der Waals surface area contributed by atoms with Crippen LogP contribution in [0.1, 0.15) is 47.3 Å². The average molecular weight is 451 g/mol. The SMILES string of the molecule is Cc1cnc(NC2CCCC(NC(=O)c3ccc(NC(=O)/C=C/CN(C)C)cc3)C2)nc1C. The summed E-state index contributed by atoms with van der Waals surface area (Å²) >= 11 is 0. The Bertz CT molecular complexity index is 987. The highest BCUT2D eigenvalue weighted by molar-refractivity contribution is 6.00. The summed E-state index contributed by atoms with van der Waals surface area (Å²) in [5, 5.41) is 9.37. The number of nitrogens with zero attached hydrogens (tertiary/aromatic N) is 3. The van der Waals surface area contributed by atoms with Crippen molar-refractivity contribution in [1.29, 1.82) is 0 Å². The second kappa shape index (κ2) is 11.6. The van der Waals surface area contributed by atoms with E-state index in [0.29, 0.717) is 23.7 Å². The molecule has 3 N–H and O–H groups in total. The molecule has 1 aliphatic carbocycles. The number of benzene rings is 1. The van der Waals surface area contributed by atoms with Gasteiger partial charge in [0.05, 0.1) is 0 Å². The van der Waals surface area contributed by atoms with Crippen molar-refractivity contribution >= 4 is 23.5 Å². The van der Waals surface area contributed by atoms with E-state index in [2.05, 4.69) is 25.9 Å². The van der Waals surface area contributed by atoms with Gasteiger partial charge in [-0.15, -0.1) is 0 Å². The summed E-state index contributed by atoms with van der Waals surface area (Å²) in [5.74, 6) is 0.346. The number of anilines is 2. The fourth-order valence-corrected chi connectivity index (χ4v) is 3.76. The molecule has 0 spiro atoms. The average Bonchev–Trinajstić information content (AvgIpc) is 2.77. The highest BCUT2D eigenvalue weighted by atomic mass is 16.2. The number of likely N-dealkylation sites (N-methyl/N-ethyl adjacent to an activating group) is 1. The topological polar surface area (TPSA) is 99.2 Å². The molecule has 0 radical (unpaired) electrons. The maximum absolute atomic E-state index is 12.7. The Kier molecular flexibility index (Phi) is 8.54. The number of hydrogen-bond donors (Lipinski definition) is 3. The molecule has 1 aromatic heterocycles. The number of aromatic nitrogens is 2. The summed E-state index contributed by atoms with van der Waals surface area (Å²) in [6, 6.07) is 7.27. The van der Waals surface area contributed by atoms with E-state index < -0.39 is 0 Å². The second-order valence-corrected chi connectivity index (χ2v) is 8.87. The first-order chi connectivity index (χ1) is 15.8. The third-order valence-electron chi connectivity index (χ3n) is 5.72. The minimum absolute atomic E-state index is 0.0940. The Labute approximate surface area is 195 Å². The van der Waals surface area contributed by atoms with E-state index in [1.54, 1.807) is 30.3 Å². The lowest BCUT2D eigenvalue weighted by Crippen LogP contribution is -2.42. The van der Waals surface area contributed by atoms with Crippen LogP contribution in [0.25, 0.3) is 0 Å². The third kappa shape index (κ3) is 7.68. The molecule has 1 aliphatic rings. The van der Waals surface area contributed by atoms with E-state index in [0.717, 1.165) is 36.9 Å². The molecule has 1 aromatic carbocycles. The first kappa shape index (κ1) is 24.4. The van der Waals surface area contributed by atoms with Gasteiger partial charge in [-0.3, -0.25) is 9.59 Å². The molecular weight excluding hydrogens is 416 g/mol. The van der Waals surface area contributed by atoms with Crippen LogP contribution in [0.2, 0.25) is 0 Å². The number of nitrogens with one attached hydrogen (secondary N) is 3. The van der Waals surface area contributed by atoms with Crippen LogP contribution in [0, 0.1) is 13.8 Å². The van der Waals surface area contributed by atoms with Crippen LogP contribution in [0.3, 0.4) is 0 Å². The van der Waals surface area contributed by atoms with Crippen LogP contribution in [-0.4, -0.2) is 59.4 Å². The van der Waals surface area contributed by atoms with Gasteiger partial charge < -0.3 is 20.9 Å². The highest BCUT2D eigenvalue weighted by Crippen LogP contribution is 2.22. The Morgan fingerprint density at radius 3 is 2.55 bits per heavy atom. The predicted octanol–water partition coefficient (Wildman–Crippen LogP) is 3.30. The van der Waals surface area contributed by atoms with Gasteiger partial charge in [-0.05, 0) is 83.5 Å². The lowest BCUT2D eigenvalue weighted by molar-refractivity contribution is -0.111. The summed E-state index contributed by atoms with van der Waals surface area (Å²) < 4.78 is 0. The van der Waals surface area contributed by atoms with Crippen LogP contribution in [-0.2, 0) is 4.79 Å². The van der Waals surface area contributed by atoms with E-state index in [1.165, 1.54) is 6.08 Å². The zero-order valence-electron chi connectivity index (χ0n) is 19.9. The Morgan fingerprint density at radius 1 is 1.12 bits per heavy atom. The molecule has 3 rings (SSSR count). The van der Waals surface area contributed by atoms with Gasteiger partial charge in [0, 0.05) is 47.8 Å². The number of hydrogen-bond acceptors (Lipinski definition) is 6. The van der Waals surface area contributed by atoms with Crippen molar-refractivity contribution in [2.75, 3.05) is 31.3 Å². The van der Waals surface area contributed by atoms with Crippen molar-refractivity contribution in [2.45, 2.75) is 51.6 Å². The monoisotopic (exact) mass is 450 g/mol. The minimum atomic E-state index is -0.192. The second-order valence-electron chi connectivity index (χ2n) is 8.87. The van der Waals surface area contributed by atoms with E-state index >= 15 is 0 Å². The first-order valence-corrected chi connectivity index (χ1v) is 11.4. The number of rotatable bonds is 8. The fourth-order valence-electron chi connectivity index (χ4n) is 3.76. The largest absolute Gasteiger partial charge is 0.351 e. The molecule has 8 heteroatoms. The van der Waals surface area contributed by atoms with E-state index in [1.807, 2.05) is 39.0 Å². The van der Waals surface area contributed by atoms with Crippen LogP contribution < -0.4 is 16.0 Å². The summed E-state index contributed by atoms with van der Waals surface area (Å²) in [4.78, 5) is 35.6. The van der Waals surface area contributed by atoms with Crippen molar-refractivity contribution in [3.05, 3.63) is 59.4 Å². The van der Waals surface area contributed by atoms with Gasteiger partial charge in [-0.25, -0.2) is 9.97 Å². The quantitative estimate of drug-likeness (QED) is 0.534. The molecule has 0 bridgehead atoms. The number of carbonyl (C=O) groups is 2.